The number of hydrogen-bond donors (Lipinski definition) is 0. The lowest BCUT2D eigenvalue weighted by molar-refractivity contribution is -0.812. The van der Waals surface area contributed by atoms with Crippen molar-refractivity contribution < 1.29 is 9.28 Å². The van der Waals surface area contributed by atoms with E-state index in [2.05, 4.69) is 26.0 Å². The van der Waals surface area contributed by atoms with Gasteiger partial charge in [-0.2, -0.15) is 0 Å². The Morgan fingerprint density at radius 2 is 1.00 bits per heavy atom. The van der Waals surface area contributed by atoms with Gasteiger partial charge >= 0.3 is 5.91 Å². The Kier molecular flexibility index (Phi) is 19.2. The third-order valence-corrected chi connectivity index (χ3v) is 6.12. The van der Waals surface area contributed by atoms with Gasteiger partial charge in [0, 0.05) is 0 Å². The molecule has 0 aromatic rings. The molecule has 1 amide bonds. The molecular formula is C26H52NO+. The van der Waals surface area contributed by atoms with Gasteiger partial charge in [0.2, 0.25) is 0 Å². The molecule has 0 aliphatic rings. The van der Waals surface area contributed by atoms with Gasteiger partial charge < -0.3 is 0 Å². The molecule has 2 nitrogen and oxygen atoms in total. The van der Waals surface area contributed by atoms with Gasteiger partial charge in [-0.3, -0.25) is 4.48 Å². The number of allylic oxidation sites excluding steroid dienone is 2. The first kappa shape index (κ1) is 27.4. The van der Waals surface area contributed by atoms with Gasteiger partial charge in [0.15, 0.2) is 0 Å². The van der Waals surface area contributed by atoms with E-state index in [-0.39, 0.29) is 0 Å². The molecule has 0 unspecified atom stereocenters. The predicted molar refractivity (Wildman–Crippen MR) is 126 cm³/mol. The zero-order chi connectivity index (χ0) is 20.9. The minimum atomic E-state index is 0.392. The number of nitrogens with zero attached hydrogens (tertiary/aromatic N) is 1. The molecule has 28 heavy (non-hydrogen) atoms. The van der Waals surface area contributed by atoms with Gasteiger partial charge in [-0.15, -0.1) is 0 Å². The molecule has 0 radical (unpaired) electrons. The molecule has 0 aromatic carbocycles. The third kappa shape index (κ3) is 17.5. The standard InChI is InChI=1S/C26H52NO/c1-5-7-8-9-10-11-12-13-14-15-16-17-18-19-20-21-22-23-24-25-26(28)27(3,4)6-2/h13-14H,5-12,15-25H2,1-4H3/q+1. The summed E-state index contributed by atoms with van der Waals surface area (Å²) in [7, 11) is 4.04. The summed E-state index contributed by atoms with van der Waals surface area (Å²) in [4.78, 5) is 12.0. The lowest BCUT2D eigenvalue weighted by Gasteiger charge is -2.24. The molecule has 0 N–H and O–H groups in total. The number of quaternary nitrogens is 1. The summed E-state index contributed by atoms with van der Waals surface area (Å²) in [5.41, 5.74) is 0. The van der Waals surface area contributed by atoms with Crippen LogP contribution in [0.15, 0.2) is 12.2 Å². The van der Waals surface area contributed by atoms with E-state index in [1.807, 2.05) is 14.1 Å². The summed E-state index contributed by atoms with van der Waals surface area (Å²) < 4.78 is 0.536. The summed E-state index contributed by atoms with van der Waals surface area (Å²) >= 11 is 0. The predicted octanol–water partition coefficient (Wildman–Crippen LogP) is 8.21. The Bertz CT molecular complexity index is 373. The minimum absolute atomic E-state index is 0.392. The zero-order valence-corrected chi connectivity index (χ0v) is 19.9. The first-order chi connectivity index (χ1) is 13.5. The summed E-state index contributed by atoms with van der Waals surface area (Å²) in [6.45, 7) is 5.27. The lowest BCUT2D eigenvalue weighted by Crippen LogP contribution is -2.45. The van der Waals surface area contributed by atoms with Crippen LogP contribution < -0.4 is 0 Å². The van der Waals surface area contributed by atoms with Gasteiger partial charge in [-0.05, 0) is 39.0 Å². The molecule has 0 aliphatic heterocycles. The molecule has 0 heterocycles. The average Bonchev–Trinajstić information content (AvgIpc) is 2.69. The summed E-state index contributed by atoms with van der Waals surface area (Å²) in [6, 6.07) is 0. The first-order valence-corrected chi connectivity index (χ1v) is 12.6. The Labute approximate surface area is 177 Å². The van der Waals surface area contributed by atoms with E-state index in [1.54, 1.807) is 0 Å². The highest BCUT2D eigenvalue weighted by molar-refractivity contribution is 5.68. The van der Waals surface area contributed by atoms with E-state index < -0.39 is 0 Å². The van der Waals surface area contributed by atoms with Crippen LogP contribution in [-0.2, 0) is 4.79 Å². The van der Waals surface area contributed by atoms with E-state index >= 15 is 0 Å². The second kappa shape index (κ2) is 19.7. The fourth-order valence-electron chi connectivity index (χ4n) is 3.53. The van der Waals surface area contributed by atoms with Crippen LogP contribution in [0.4, 0.5) is 0 Å². The molecule has 2 heteroatoms. The number of rotatable bonds is 20. The maximum absolute atomic E-state index is 12.0. The molecule has 0 atom stereocenters. The number of amides is 1. The van der Waals surface area contributed by atoms with Gasteiger partial charge in [0.05, 0.1) is 27.1 Å². The van der Waals surface area contributed by atoms with Crippen molar-refractivity contribution in [2.24, 2.45) is 0 Å². The lowest BCUT2D eigenvalue weighted by atomic mass is 10.0. The van der Waals surface area contributed by atoms with Crippen LogP contribution >= 0.6 is 0 Å². The highest BCUT2D eigenvalue weighted by atomic mass is 16.2. The molecule has 0 spiro atoms. The maximum Gasteiger partial charge on any atom is 0.313 e. The molecule has 0 bridgehead atoms. The van der Waals surface area contributed by atoms with Crippen molar-refractivity contribution >= 4 is 5.91 Å². The first-order valence-electron chi connectivity index (χ1n) is 12.6. The van der Waals surface area contributed by atoms with Crippen LogP contribution in [0.5, 0.6) is 0 Å². The Balaban J connectivity index is 3.23. The third-order valence-electron chi connectivity index (χ3n) is 6.12. The Morgan fingerprint density at radius 3 is 1.43 bits per heavy atom. The van der Waals surface area contributed by atoms with Crippen molar-refractivity contribution in [2.75, 3.05) is 20.6 Å². The van der Waals surface area contributed by atoms with Crippen molar-refractivity contribution in [1.82, 2.24) is 0 Å². The topological polar surface area (TPSA) is 17.1 Å². The molecule has 0 aliphatic carbocycles. The van der Waals surface area contributed by atoms with Crippen molar-refractivity contribution in [3.05, 3.63) is 12.2 Å². The molecule has 0 saturated heterocycles. The normalized spacial score (nSPS) is 12.1. The van der Waals surface area contributed by atoms with Gasteiger partial charge in [-0.1, -0.05) is 96.1 Å². The highest BCUT2D eigenvalue weighted by Crippen LogP contribution is 2.13. The Morgan fingerprint density at radius 1 is 0.607 bits per heavy atom. The second-order valence-electron chi connectivity index (χ2n) is 9.14. The largest absolute Gasteiger partial charge is 0.313 e. The SMILES string of the molecule is CCCCCCCCC=CCCCCCCCCCCCC(=O)[N+](C)(C)CC. The van der Waals surface area contributed by atoms with Gasteiger partial charge in [0.25, 0.3) is 0 Å². The number of carbonyl (C=O) groups excluding carboxylic acids is 1. The van der Waals surface area contributed by atoms with Crippen molar-refractivity contribution in [3.8, 4) is 0 Å². The summed E-state index contributed by atoms with van der Waals surface area (Å²) in [5.74, 6) is 0.392. The Hall–Kier alpha value is -0.630. The van der Waals surface area contributed by atoms with Crippen molar-refractivity contribution in [3.63, 3.8) is 0 Å². The number of hydrogen-bond acceptors (Lipinski definition) is 1. The molecule has 0 rings (SSSR count). The quantitative estimate of drug-likeness (QED) is 0.115. The van der Waals surface area contributed by atoms with Crippen LogP contribution in [0.1, 0.15) is 129 Å². The summed E-state index contributed by atoms with van der Waals surface area (Å²) in [5, 5.41) is 0. The van der Waals surface area contributed by atoms with Crippen LogP contribution in [0.3, 0.4) is 0 Å². The van der Waals surface area contributed by atoms with Crippen molar-refractivity contribution in [2.45, 2.75) is 129 Å². The number of carbonyl (C=O) groups is 1. The fraction of sp³-hybridized carbons (Fsp3) is 0.885. The van der Waals surface area contributed by atoms with E-state index in [9.17, 15) is 4.79 Å². The zero-order valence-electron chi connectivity index (χ0n) is 19.9. The monoisotopic (exact) mass is 394 g/mol. The van der Waals surface area contributed by atoms with Crippen LogP contribution in [-0.4, -0.2) is 31.0 Å². The van der Waals surface area contributed by atoms with E-state index in [1.165, 1.54) is 103 Å². The van der Waals surface area contributed by atoms with Crippen LogP contribution in [0.25, 0.3) is 0 Å². The van der Waals surface area contributed by atoms with E-state index in [0.29, 0.717) is 10.4 Å². The van der Waals surface area contributed by atoms with Crippen LogP contribution in [0.2, 0.25) is 0 Å². The minimum Gasteiger partial charge on any atom is -0.266 e. The van der Waals surface area contributed by atoms with Gasteiger partial charge in [-0.25, -0.2) is 4.79 Å². The molecule has 166 valence electrons. The van der Waals surface area contributed by atoms with Crippen LogP contribution in [0, 0.1) is 0 Å². The maximum atomic E-state index is 12.0. The van der Waals surface area contributed by atoms with Crippen molar-refractivity contribution in [1.29, 1.82) is 0 Å². The molecule has 0 saturated carbocycles. The fourth-order valence-corrected chi connectivity index (χ4v) is 3.53. The van der Waals surface area contributed by atoms with E-state index in [4.69, 9.17) is 0 Å². The molecule has 0 aromatic heterocycles. The average molecular weight is 395 g/mol. The number of unbranched alkanes of at least 4 members (excludes halogenated alkanes) is 15. The van der Waals surface area contributed by atoms with Gasteiger partial charge in [0.1, 0.15) is 0 Å². The second-order valence-corrected chi connectivity index (χ2v) is 9.14. The molecule has 0 fully saturated rings. The van der Waals surface area contributed by atoms with E-state index in [0.717, 1.165) is 19.4 Å². The summed E-state index contributed by atoms with van der Waals surface area (Å²) in [6.07, 6.45) is 28.4. The molecular weight excluding hydrogens is 342 g/mol. The smallest absolute Gasteiger partial charge is 0.266 e. The highest BCUT2D eigenvalue weighted by Gasteiger charge is 2.22.